The third-order valence-corrected chi connectivity index (χ3v) is 3.60. The van der Waals surface area contributed by atoms with Gasteiger partial charge in [-0.05, 0) is 36.4 Å². The lowest BCUT2D eigenvalue weighted by Crippen LogP contribution is -2.25. The molecule has 0 heterocycles. The highest BCUT2D eigenvalue weighted by Crippen LogP contribution is 2.25. The van der Waals surface area contributed by atoms with Gasteiger partial charge in [-0.3, -0.25) is 0 Å². The van der Waals surface area contributed by atoms with Gasteiger partial charge in [0.2, 0.25) is 0 Å². The normalized spacial score (nSPS) is 15.3. The van der Waals surface area contributed by atoms with Crippen molar-refractivity contribution >= 4 is 0 Å². The molecular weight excluding hydrogens is 234 g/mol. The van der Waals surface area contributed by atoms with Gasteiger partial charge in [-0.1, -0.05) is 52.0 Å². The molecule has 2 atom stereocenters. The highest BCUT2D eigenvalue weighted by Gasteiger charge is 2.17. The lowest BCUT2D eigenvalue weighted by molar-refractivity contribution is 0.101. The van der Waals surface area contributed by atoms with Gasteiger partial charge < -0.3 is 10.1 Å². The molecule has 0 fully saturated rings. The summed E-state index contributed by atoms with van der Waals surface area (Å²) in [7, 11) is 1.77. The second kappa shape index (κ2) is 7.06. The zero-order valence-corrected chi connectivity index (χ0v) is 13.3. The summed E-state index contributed by atoms with van der Waals surface area (Å²) in [4.78, 5) is 0. The first kappa shape index (κ1) is 16.2. The third-order valence-electron chi connectivity index (χ3n) is 3.60. The molecule has 0 saturated carbocycles. The monoisotopic (exact) mass is 263 g/mol. The molecule has 0 aliphatic heterocycles. The summed E-state index contributed by atoms with van der Waals surface area (Å²) in [5.41, 5.74) is 2.94. The molecule has 0 amide bonds. The van der Waals surface area contributed by atoms with Crippen LogP contribution in [-0.2, 0) is 10.2 Å². The van der Waals surface area contributed by atoms with Gasteiger partial charge in [-0.2, -0.15) is 0 Å². The molecule has 0 bridgehead atoms. The van der Waals surface area contributed by atoms with Crippen LogP contribution in [0.25, 0.3) is 0 Å². The van der Waals surface area contributed by atoms with Crippen molar-refractivity contribution in [1.82, 2.24) is 5.32 Å². The predicted molar refractivity (Wildman–Crippen MR) is 82.6 cm³/mol. The molecule has 0 aliphatic carbocycles. The summed E-state index contributed by atoms with van der Waals surface area (Å²) in [5, 5.41) is 3.54. The van der Waals surface area contributed by atoms with Gasteiger partial charge >= 0.3 is 0 Å². The summed E-state index contributed by atoms with van der Waals surface area (Å²) >= 11 is 0. The number of hydrogen-bond acceptors (Lipinski definition) is 2. The van der Waals surface area contributed by atoms with Crippen LogP contribution in [0.2, 0.25) is 0 Å². The van der Waals surface area contributed by atoms with E-state index < -0.39 is 0 Å². The quantitative estimate of drug-likeness (QED) is 0.835. The second-order valence-corrected chi connectivity index (χ2v) is 6.26. The molecule has 1 N–H and O–H groups in total. The van der Waals surface area contributed by atoms with Gasteiger partial charge in [0.05, 0.1) is 6.10 Å². The molecule has 0 spiro atoms. The summed E-state index contributed by atoms with van der Waals surface area (Å²) < 4.78 is 5.39. The fourth-order valence-electron chi connectivity index (χ4n) is 2.23. The molecule has 2 nitrogen and oxygen atoms in total. The molecule has 0 aliphatic rings. The minimum atomic E-state index is 0.214. The molecular formula is C17H29NO. The summed E-state index contributed by atoms with van der Waals surface area (Å²) in [6.45, 7) is 12.0. The van der Waals surface area contributed by atoms with E-state index in [0.29, 0.717) is 6.04 Å². The van der Waals surface area contributed by atoms with E-state index in [1.54, 1.807) is 7.11 Å². The third kappa shape index (κ3) is 4.96. The minimum Gasteiger partial charge on any atom is -0.382 e. The van der Waals surface area contributed by atoms with Crippen LogP contribution >= 0.6 is 0 Å². The van der Waals surface area contributed by atoms with Crippen LogP contribution in [0.3, 0.4) is 0 Å². The zero-order chi connectivity index (χ0) is 14.5. The Kier molecular flexibility index (Phi) is 6.02. The van der Waals surface area contributed by atoms with Crippen LogP contribution in [0.1, 0.15) is 58.2 Å². The maximum absolute atomic E-state index is 5.39. The fourth-order valence-corrected chi connectivity index (χ4v) is 2.23. The van der Waals surface area contributed by atoms with Gasteiger partial charge in [0.25, 0.3) is 0 Å². The summed E-state index contributed by atoms with van der Waals surface area (Å²) in [5.74, 6) is 0. The Morgan fingerprint density at radius 3 is 2.16 bits per heavy atom. The average Bonchev–Trinajstić information content (AvgIpc) is 2.37. The number of rotatable bonds is 6. The molecule has 1 rings (SSSR count). The highest BCUT2D eigenvalue weighted by atomic mass is 16.5. The van der Waals surface area contributed by atoms with Crippen molar-refractivity contribution in [2.75, 3.05) is 13.7 Å². The number of nitrogens with one attached hydrogen (secondary N) is 1. The van der Waals surface area contributed by atoms with Crippen LogP contribution in [0, 0.1) is 0 Å². The minimum absolute atomic E-state index is 0.214. The van der Waals surface area contributed by atoms with Crippen LogP contribution < -0.4 is 5.32 Å². The lowest BCUT2D eigenvalue weighted by atomic mass is 9.86. The van der Waals surface area contributed by atoms with Crippen LogP contribution in [0.15, 0.2) is 24.3 Å². The van der Waals surface area contributed by atoms with Gasteiger partial charge in [-0.25, -0.2) is 0 Å². The van der Waals surface area contributed by atoms with E-state index in [1.807, 2.05) is 0 Å². The molecule has 0 radical (unpaired) electrons. The van der Waals surface area contributed by atoms with Gasteiger partial charge in [-0.15, -0.1) is 0 Å². The van der Waals surface area contributed by atoms with E-state index in [9.17, 15) is 0 Å². The largest absolute Gasteiger partial charge is 0.382 e. The van der Waals surface area contributed by atoms with Crippen molar-refractivity contribution in [3.63, 3.8) is 0 Å². The average molecular weight is 263 g/mol. The number of benzene rings is 1. The van der Waals surface area contributed by atoms with Gasteiger partial charge in [0.1, 0.15) is 0 Å². The van der Waals surface area contributed by atoms with E-state index in [0.717, 1.165) is 13.0 Å². The number of methoxy groups -OCH3 is 1. The Hall–Kier alpha value is -0.860. The van der Waals surface area contributed by atoms with Crippen molar-refractivity contribution in [2.45, 2.75) is 58.6 Å². The molecule has 0 aromatic heterocycles. The van der Waals surface area contributed by atoms with E-state index in [-0.39, 0.29) is 11.5 Å². The smallest absolute Gasteiger partial charge is 0.0561 e. The van der Waals surface area contributed by atoms with Gasteiger partial charge in [0, 0.05) is 13.2 Å². The first-order chi connectivity index (χ1) is 8.88. The van der Waals surface area contributed by atoms with Gasteiger partial charge in [0.15, 0.2) is 0 Å². The number of hydrogen-bond donors (Lipinski definition) is 1. The van der Waals surface area contributed by atoms with E-state index in [2.05, 4.69) is 64.2 Å². The summed E-state index contributed by atoms with van der Waals surface area (Å²) in [6.07, 6.45) is 1.27. The molecule has 1 aromatic rings. The maximum atomic E-state index is 5.39. The predicted octanol–water partition coefficient (Wildman–Crippen LogP) is 4.06. The molecule has 0 saturated heterocycles. The zero-order valence-electron chi connectivity index (χ0n) is 13.3. The number of ether oxygens (including phenoxy) is 1. The van der Waals surface area contributed by atoms with E-state index in [1.165, 1.54) is 11.1 Å². The first-order valence-electron chi connectivity index (χ1n) is 7.25. The van der Waals surface area contributed by atoms with Crippen molar-refractivity contribution in [3.05, 3.63) is 35.4 Å². The molecule has 19 heavy (non-hydrogen) atoms. The SMILES string of the molecule is CCNC(CC(C)OC)c1ccc(C(C)(C)C)cc1. The highest BCUT2D eigenvalue weighted by molar-refractivity contribution is 5.29. The van der Waals surface area contributed by atoms with Crippen LogP contribution in [0.5, 0.6) is 0 Å². The fraction of sp³-hybridized carbons (Fsp3) is 0.647. The Balaban J connectivity index is 2.85. The lowest BCUT2D eigenvalue weighted by Gasteiger charge is -2.24. The first-order valence-corrected chi connectivity index (χ1v) is 7.25. The topological polar surface area (TPSA) is 21.3 Å². The maximum Gasteiger partial charge on any atom is 0.0561 e. The Morgan fingerprint density at radius 2 is 1.74 bits per heavy atom. The molecule has 1 aromatic carbocycles. The Morgan fingerprint density at radius 1 is 1.16 bits per heavy atom. The Labute approximate surface area is 118 Å². The van der Waals surface area contributed by atoms with Crippen LogP contribution in [0.4, 0.5) is 0 Å². The van der Waals surface area contributed by atoms with E-state index >= 15 is 0 Å². The molecule has 2 heteroatoms. The van der Waals surface area contributed by atoms with E-state index in [4.69, 9.17) is 4.74 Å². The Bertz CT molecular complexity index is 364. The van der Waals surface area contributed by atoms with Crippen molar-refractivity contribution in [2.24, 2.45) is 0 Å². The molecule has 2 unspecified atom stereocenters. The van der Waals surface area contributed by atoms with Crippen LogP contribution in [-0.4, -0.2) is 19.8 Å². The molecule has 108 valence electrons. The van der Waals surface area contributed by atoms with Crippen molar-refractivity contribution < 1.29 is 4.74 Å². The van der Waals surface area contributed by atoms with Crippen molar-refractivity contribution in [3.8, 4) is 0 Å². The van der Waals surface area contributed by atoms with Crippen molar-refractivity contribution in [1.29, 1.82) is 0 Å². The summed E-state index contributed by atoms with van der Waals surface area (Å²) in [6, 6.07) is 9.36. The second-order valence-electron chi connectivity index (χ2n) is 6.26. The standard InChI is InChI=1S/C17H29NO/c1-7-18-16(12-13(2)19-6)14-8-10-15(11-9-14)17(3,4)5/h8-11,13,16,18H,7,12H2,1-6H3.